The number of sulfonamides is 1. The van der Waals surface area contributed by atoms with Crippen LogP contribution in [-0.4, -0.2) is 27.0 Å². The molecule has 2 atom stereocenters. The van der Waals surface area contributed by atoms with E-state index in [1.54, 1.807) is 6.92 Å². The summed E-state index contributed by atoms with van der Waals surface area (Å²) < 4.78 is 38.9. The zero-order chi connectivity index (χ0) is 22.6. The molecule has 3 aromatic rings. The van der Waals surface area contributed by atoms with Crippen molar-refractivity contribution in [1.29, 1.82) is 0 Å². The van der Waals surface area contributed by atoms with E-state index in [2.05, 4.69) is 10.0 Å². The molecule has 0 saturated heterocycles. The minimum Gasteiger partial charge on any atom is -0.490 e. The molecule has 1 heterocycles. The molecule has 0 aliphatic heterocycles. The van der Waals surface area contributed by atoms with E-state index in [1.165, 1.54) is 24.3 Å². The smallest absolute Gasteiger partial charge is 0.251 e. The van der Waals surface area contributed by atoms with Gasteiger partial charge in [-0.3, -0.25) is 4.79 Å². The molecule has 0 spiro atoms. The van der Waals surface area contributed by atoms with E-state index in [0.29, 0.717) is 35.7 Å². The number of nitrogens with one attached hydrogen (secondary N) is 2. The van der Waals surface area contributed by atoms with E-state index in [-0.39, 0.29) is 22.9 Å². The van der Waals surface area contributed by atoms with Crippen molar-refractivity contribution in [3.63, 3.8) is 0 Å². The van der Waals surface area contributed by atoms with Gasteiger partial charge in [-0.2, -0.15) is 0 Å². The Morgan fingerprint density at radius 2 is 1.81 bits per heavy atom. The summed E-state index contributed by atoms with van der Waals surface area (Å²) in [7, 11) is -3.61. The Hall–Kier alpha value is -2.84. The maximum Gasteiger partial charge on any atom is 0.251 e. The molecule has 1 amide bonds. The largest absolute Gasteiger partial charge is 0.490 e. The lowest BCUT2D eigenvalue weighted by atomic mass is 10.1. The van der Waals surface area contributed by atoms with E-state index in [4.69, 9.17) is 9.15 Å². The van der Waals surface area contributed by atoms with E-state index in [9.17, 15) is 13.2 Å². The van der Waals surface area contributed by atoms with Gasteiger partial charge in [-0.15, -0.1) is 0 Å². The van der Waals surface area contributed by atoms with Crippen LogP contribution in [0, 0.1) is 0 Å². The first-order valence-electron chi connectivity index (χ1n) is 10.3. The molecule has 1 aromatic heterocycles. The van der Waals surface area contributed by atoms with Gasteiger partial charge in [0.2, 0.25) is 10.0 Å². The number of hydrogen-bond acceptors (Lipinski definition) is 5. The number of carbonyl (C=O) groups excluding carboxylic acids is 1. The number of carbonyl (C=O) groups is 1. The van der Waals surface area contributed by atoms with Crippen molar-refractivity contribution in [3.05, 3.63) is 59.9 Å². The number of ether oxygens (including phenoxy) is 1. The molecule has 0 saturated carbocycles. The van der Waals surface area contributed by atoms with Crippen molar-refractivity contribution in [2.24, 2.45) is 0 Å². The van der Waals surface area contributed by atoms with Gasteiger partial charge in [0.1, 0.15) is 5.76 Å². The lowest BCUT2D eigenvalue weighted by Gasteiger charge is -2.13. The predicted molar refractivity (Wildman–Crippen MR) is 120 cm³/mol. The van der Waals surface area contributed by atoms with Crippen LogP contribution in [0.2, 0.25) is 0 Å². The number of amides is 1. The minimum atomic E-state index is -3.61. The van der Waals surface area contributed by atoms with Gasteiger partial charge in [-0.25, -0.2) is 13.1 Å². The number of hydrogen-bond donors (Lipinski definition) is 2. The zero-order valence-electron chi connectivity index (χ0n) is 18.1. The molecule has 0 aliphatic rings. The maximum absolute atomic E-state index is 12.7. The van der Waals surface area contributed by atoms with E-state index in [1.807, 2.05) is 45.0 Å². The number of rotatable bonds is 9. The van der Waals surface area contributed by atoms with Gasteiger partial charge < -0.3 is 14.5 Å². The molecule has 8 heteroatoms. The maximum atomic E-state index is 12.7. The fourth-order valence-electron chi connectivity index (χ4n) is 3.09. The van der Waals surface area contributed by atoms with Gasteiger partial charge in [-0.05, 0) is 63.6 Å². The minimum absolute atomic E-state index is 0.123. The number of para-hydroxylation sites is 1. The van der Waals surface area contributed by atoms with E-state index in [0.717, 1.165) is 5.39 Å². The molecule has 3 rings (SSSR count). The van der Waals surface area contributed by atoms with Crippen molar-refractivity contribution >= 4 is 26.9 Å². The van der Waals surface area contributed by atoms with Gasteiger partial charge in [0, 0.05) is 17.0 Å². The van der Waals surface area contributed by atoms with Crippen molar-refractivity contribution in [2.75, 3.05) is 6.61 Å². The summed E-state index contributed by atoms with van der Waals surface area (Å²) in [4.78, 5) is 12.8. The van der Waals surface area contributed by atoms with Crippen LogP contribution in [0.15, 0.2) is 57.8 Å². The number of fused-ring (bicyclic) bond motifs is 1. The summed E-state index contributed by atoms with van der Waals surface area (Å²) in [6, 6.07) is 12.8. The normalized spacial score (nSPS) is 13.7. The molecule has 2 aromatic carbocycles. The zero-order valence-corrected chi connectivity index (χ0v) is 19.0. The lowest BCUT2D eigenvalue weighted by molar-refractivity contribution is 0.0935. The van der Waals surface area contributed by atoms with Crippen LogP contribution in [0.1, 0.15) is 56.3 Å². The molecule has 2 unspecified atom stereocenters. The third-order valence-electron chi connectivity index (χ3n) is 5.00. The molecular formula is C23H28N2O5S. The Labute approximate surface area is 182 Å². The Kier molecular flexibility index (Phi) is 7.02. The second-order valence-corrected chi connectivity index (χ2v) is 9.12. The third-order valence-corrected chi connectivity index (χ3v) is 6.60. The highest BCUT2D eigenvalue weighted by Crippen LogP contribution is 2.31. The van der Waals surface area contributed by atoms with Gasteiger partial charge in [-0.1, -0.05) is 19.1 Å². The molecule has 166 valence electrons. The third kappa shape index (κ3) is 5.26. The van der Waals surface area contributed by atoms with Gasteiger partial charge >= 0.3 is 0 Å². The lowest BCUT2D eigenvalue weighted by Crippen LogP contribution is -2.32. The fraction of sp³-hybridized carbons (Fsp3) is 0.348. The summed E-state index contributed by atoms with van der Waals surface area (Å²) in [5.41, 5.74) is 1.00. The van der Waals surface area contributed by atoms with Crippen LogP contribution in [-0.2, 0) is 10.0 Å². The molecule has 0 fully saturated rings. The van der Waals surface area contributed by atoms with Gasteiger partial charge in [0.25, 0.3) is 5.91 Å². The van der Waals surface area contributed by atoms with Crippen LogP contribution in [0.5, 0.6) is 5.75 Å². The standard InChI is InChI=1S/C23H28N2O5S/c1-5-15(3)25-31(27,28)19-12-10-17(11-13-19)23(26)24-16(4)21-14-18-8-7-9-20(29-6-2)22(18)30-21/h7-16,25H,5-6H2,1-4H3,(H,24,26). The molecule has 0 aliphatic carbocycles. The monoisotopic (exact) mass is 444 g/mol. The van der Waals surface area contributed by atoms with Crippen LogP contribution < -0.4 is 14.8 Å². The van der Waals surface area contributed by atoms with Crippen LogP contribution in [0.4, 0.5) is 0 Å². The average molecular weight is 445 g/mol. The summed E-state index contributed by atoms with van der Waals surface area (Å²) in [5.74, 6) is 0.942. The summed E-state index contributed by atoms with van der Waals surface area (Å²) >= 11 is 0. The summed E-state index contributed by atoms with van der Waals surface area (Å²) in [5, 5.41) is 3.78. The van der Waals surface area contributed by atoms with E-state index >= 15 is 0 Å². The highest BCUT2D eigenvalue weighted by molar-refractivity contribution is 7.89. The SMILES string of the molecule is CCOc1cccc2cc(C(C)NC(=O)c3ccc(S(=O)(=O)NC(C)CC)cc3)oc12. The van der Waals surface area contributed by atoms with Crippen molar-refractivity contribution in [3.8, 4) is 5.75 Å². The molecule has 7 nitrogen and oxygen atoms in total. The fourth-order valence-corrected chi connectivity index (χ4v) is 4.42. The molecule has 0 radical (unpaired) electrons. The number of benzene rings is 2. The first-order chi connectivity index (χ1) is 14.7. The quantitative estimate of drug-likeness (QED) is 0.510. The van der Waals surface area contributed by atoms with Crippen molar-refractivity contribution in [1.82, 2.24) is 10.0 Å². The first-order valence-corrected chi connectivity index (χ1v) is 11.8. The highest BCUT2D eigenvalue weighted by Gasteiger charge is 2.19. The predicted octanol–water partition coefficient (Wildman–Crippen LogP) is 4.40. The molecule has 2 N–H and O–H groups in total. The van der Waals surface area contributed by atoms with Gasteiger partial charge in [0.15, 0.2) is 11.3 Å². The van der Waals surface area contributed by atoms with Crippen LogP contribution in [0.3, 0.4) is 0 Å². The number of furan rings is 1. The second kappa shape index (κ2) is 9.53. The van der Waals surface area contributed by atoms with Crippen LogP contribution in [0.25, 0.3) is 11.0 Å². The molecular weight excluding hydrogens is 416 g/mol. The topological polar surface area (TPSA) is 97.6 Å². The molecule has 0 bridgehead atoms. The van der Waals surface area contributed by atoms with E-state index < -0.39 is 10.0 Å². The first kappa shape index (κ1) is 22.8. The van der Waals surface area contributed by atoms with Crippen LogP contribution >= 0.6 is 0 Å². The Morgan fingerprint density at radius 1 is 1.10 bits per heavy atom. The Balaban J connectivity index is 1.73. The average Bonchev–Trinajstić information content (AvgIpc) is 3.19. The Morgan fingerprint density at radius 3 is 2.45 bits per heavy atom. The van der Waals surface area contributed by atoms with Crippen molar-refractivity contribution in [2.45, 2.75) is 51.1 Å². The highest BCUT2D eigenvalue weighted by atomic mass is 32.2. The Bertz CT molecular complexity index is 1150. The van der Waals surface area contributed by atoms with Gasteiger partial charge in [0.05, 0.1) is 17.5 Å². The summed E-state index contributed by atoms with van der Waals surface area (Å²) in [6.45, 7) is 7.96. The van der Waals surface area contributed by atoms with Crippen molar-refractivity contribution < 1.29 is 22.4 Å². The summed E-state index contributed by atoms with van der Waals surface area (Å²) in [6.07, 6.45) is 0.686. The second-order valence-electron chi connectivity index (χ2n) is 7.41. The molecule has 31 heavy (non-hydrogen) atoms.